The van der Waals surface area contributed by atoms with Crippen LogP contribution in [0.25, 0.3) is 22.3 Å². The number of nitrogens with two attached hydrogens (primary N) is 2. The van der Waals surface area contributed by atoms with E-state index in [-0.39, 0.29) is 34.1 Å². The Kier molecular flexibility index (Phi) is 7.27. The number of nitrogens with one attached hydrogen (secondary N) is 1. The summed E-state index contributed by atoms with van der Waals surface area (Å²) < 4.78 is 60.1. The molecule has 7 heterocycles. The normalized spacial score (nSPS) is 37.7. The van der Waals surface area contributed by atoms with Crippen molar-refractivity contribution in [3.05, 3.63) is 29.3 Å². The van der Waals surface area contributed by atoms with Gasteiger partial charge >= 0.3 is 0 Å². The molecular weight excluding hydrogens is 650 g/mol. The molecule has 0 aromatic carbocycles. The number of hydrogen-bond acceptors (Lipinski definition) is 20. The molecule has 10 atom stereocenters. The van der Waals surface area contributed by atoms with Crippen molar-refractivity contribution in [2.75, 3.05) is 24.7 Å². The van der Waals surface area contributed by atoms with E-state index in [0.29, 0.717) is 0 Å². The number of phosphoric ester groups is 2. The molecule has 242 valence electrons. The van der Waals surface area contributed by atoms with Crippen molar-refractivity contribution in [2.45, 2.75) is 49.1 Å². The maximum atomic E-state index is 13.1. The van der Waals surface area contributed by atoms with Crippen LogP contribution in [0.3, 0.4) is 0 Å². The predicted molar refractivity (Wildman–Crippen MR) is 139 cm³/mol. The molecule has 7 rings (SSSR count). The molecule has 23 nitrogen and oxygen atoms in total. The Bertz CT molecular complexity index is 1940. The molecule has 3 aliphatic rings. The van der Waals surface area contributed by atoms with E-state index in [1.807, 2.05) is 0 Å². The van der Waals surface area contributed by atoms with Crippen LogP contribution in [0.1, 0.15) is 12.5 Å². The molecule has 4 aromatic rings. The summed E-state index contributed by atoms with van der Waals surface area (Å²) in [6.07, 6.45) is -9.85. The minimum Gasteiger partial charge on any atom is -0.756 e. The topological polar surface area (TPSA) is 335 Å². The summed E-state index contributed by atoms with van der Waals surface area (Å²) in [6, 6.07) is 0. The molecule has 0 amide bonds. The average Bonchev–Trinajstić information content (AvgIpc) is 3.72. The lowest BCUT2D eigenvalue weighted by Gasteiger charge is -2.32. The summed E-state index contributed by atoms with van der Waals surface area (Å²) in [5.41, 5.74) is 10.6. The summed E-state index contributed by atoms with van der Waals surface area (Å²) in [7, 11) is -10.7. The smallest absolute Gasteiger partial charge is 0.280 e. The fourth-order valence-corrected chi connectivity index (χ4v) is 7.15. The van der Waals surface area contributed by atoms with Gasteiger partial charge in [0.25, 0.3) is 21.2 Å². The van der Waals surface area contributed by atoms with Crippen molar-refractivity contribution in [3.8, 4) is 0 Å². The molecule has 45 heavy (non-hydrogen) atoms. The summed E-state index contributed by atoms with van der Waals surface area (Å²) >= 11 is 0. The van der Waals surface area contributed by atoms with Crippen LogP contribution >= 0.6 is 15.6 Å². The first-order valence-electron chi connectivity index (χ1n) is 12.9. The quantitative estimate of drug-likeness (QED) is 0.128. The highest BCUT2D eigenvalue weighted by Crippen LogP contribution is 2.51. The van der Waals surface area contributed by atoms with Gasteiger partial charge in [-0.3, -0.25) is 28.0 Å². The van der Waals surface area contributed by atoms with Crippen LogP contribution in [0.15, 0.2) is 23.8 Å². The van der Waals surface area contributed by atoms with Gasteiger partial charge in [-0.25, -0.2) is 19.9 Å². The minimum absolute atomic E-state index is 0.000381. The number of aromatic nitrogens is 8. The third-order valence-corrected chi connectivity index (χ3v) is 9.24. The van der Waals surface area contributed by atoms with E-state index in [4.69, 9.17) is 39.0 Å². The Morgan fingerprint density at radius 2 is 1.47 bits per heavy atom. The van der Waals surface area contributed by atoms with Gasteiger partial charge in [-0.2, -0.15) is 4.98 Å². The average molecular weight is 672 g/mol. The number of aromatic amines is 1. The standard InChI is InChI=1S/C20H24N10O13P2/c21-14-8-15(24-3-23-14)29(4-25-8)19-13-10(31)6(40-19)1-38-44(34,35)42-12-7(2-39-45(36,37)43-13)41-18(11(12)32)30-5-26-9-16(30)27-20(22)28-17(9)33/h3-7,10-13,18-19,31-32H,1-2H2,(H,34,35)(H,36,37)(H2,21,23,24)(H3,22,27,28,33)/p-2/t6-,7-,10-,11-,12-,13-,18-,19-/m1/s1. The van der Waals surface area contributed by atoms with Crippen LogP contribution in [-0.4, -0.2) is 99.1 Å². The highest BCUT2D eigenvalue weighted by molar-refractivity contribution is 7.46. The van der Waals surface area contributed by atoms with Crippen LogP contribution in [0.5, 0.6) is 0 Å². The van der Waals surface area contributed by atoms with Crippen molar-refractivity contribution in [1.82, 2.24) is 39.0 Å². The zero-order valence-corrected chi connectivity index (χ0v) is 24.1. The first kappa shape index (κ1) is 30.2. The second kappa shape index (κ2) is 10.8. The lowest BCUT2D eigenvalue weighted by atomic mass is 10.1. The number of phosphoric acid groups is 2. The second-order valence-electron chi connectivity index (χ2n) is 10.1. The van der Waals surface area contributed by atoms with Crippen LogP contribution < -0.4 is 26.8 Å². The number of ether oxygens (including phenoxy) is 2. The number of rotatable bonds is 2. The van der Waals surface area contributed by atoms with Gasteiger partial charge in [0.05, 0.1) is 25.9 Å². The Labute approximate surface area is 248 Å². The molecular formula is C20H22N10O13P2-2. The van der Waals surface area contributed by atoms with Crippen molar-refractivity contribution < 1.29 is 56.7 Å². The van der Waals surface area contributed by atoms with E-state index in [9.17, 15) is 33.9 Å². The number of fused-ring (bicyclic) bond motifs is 5. The number of nitrogen functional groups attached to an aromatic ring is 2. The molecule has 0 aliphatic carbocycles. The largest absolute Gasteiger partial charge is 0.756 e. The maximum absolute atomic E-state index is 13.1. The SMILES string of the molecule is Nc1nc2c(ncn2[C@@H]2O[C@@H]3COP(=O)([O-])O[C@@H]4[C@H](O)[C@@H](COP(=O)([O-])O[C@H]3[C@H]2O)O[C@H]4n2cnc3c(N)ncnc32)c(=O)[nH]1. The molecule has 4 aromatic heterocycles. The van der Waals surface area contributed by atoms with E-state index in [2.05, 4.69) is 29.9 Å². The molecule has 3 fully saturated rings. The van der Waals surface area contributed by atoms with Gasteiger partial charge in [0, 0.05) is 0 Å². The minimum atomic E-state index is -5.36. The number of hydrogen-bond donors (Lipinski definition) is 5. The molecule has 2 bridgehead atoms. The van der Waals surface area contributed by atoms with Crippen molar-refractivity contribution >= 4 is 49.7 Å². The van der Waals surface area contributed by atoms with E-state index in [1.54, 1.807) is 0 Å². The third-order valence-electron chi connectivity index (χ3n) is 7.30. The number of H-pyrrole nitrogens is 1. The Morgan fingerprint density at radius 3 is 2.20 bits per heavy atom. The number of nitrogens with zero attached hydrogens (tertiary/aromatic N) is 7. The van der Waals surface area contributed by atoms with E-state index >= 15 is 0 Å². The molecule has 2 unspecified atom stereocenters. The Hall–Kier alpha value is -3.44. The maximum Gasteiger partial charge on any atom is 0.280 e. The van der Waals surface area contributed by atoms with Gasteiger partial charge in [0.2, 0.25) is 5.95 Å². The lowest BCUT2D eigenvalue weighted by molar-refractivity contribution is -0.240. The molecule has 7 N–H and O–H groups in total. The van der Waals surface area contributed by atoms with Gasteiger partial charge in [-0.1, -0.05) is 0 Å². The van der Waals surface area contributed by atoms with Gasteiger partial charge in [0.15, 0.2) is 35.1 Å². The first-order chi connectivity index (χ1) is 21.3. The fourth-order valence-electron chi connectivity index (χ4n) is 5.28. The molecule has 3 aliphatic heterocycles. The lowest BCUT2D eigenvalue weighted by Crippen LogP contribution is -2.37. The first-order valence-corrected chi connectivity index (χ1v) is 15.8. The number of anilines is 2. The molecule has 0 spiro atoms. The molecule has 0 radical (unpaired) electrons. The summed E-state index contributed by atoms with van der Waals surface area (Å²) in [4.78, 5) is 60.3. The molecule has 25 heteroatoms. The van der Waals surface area contributed by atoms with E-state index in [1.165, 1.54) is 10.9 Å². The monoisotopic (exact) mass is 672 g/mol. The highest BCUT2D eigenvalue weighted by atomic mass is 31.2. The third kappa shape index (κ3) is 5.31. The Morgan fingerprint density at radius 1 is 0.844 bits per heavy atom. The van der Waals surface area contributed by atoms with Crippen molar-refractivity contribution in [1.29, 1.82) is 0 Å². The zero-order valence-electron chi connectivity index (χ0n) is 22.3. The van der Waals surface area contributed by atoms with E-state index < -0.39 is 83.5 Å². The molecule has 0 saturated carbocycles. The number of aliphatic hydroxyl groups excluding tert-OH is 2. The number of aliphatic hydroxyl groups is 2. The van der Waals surface area contributed by atoms with Crippen molar-refractivity contribution in [3.63, 3.8) is 0 Å². The van der Waals surface area contributed by atoms with Crippen molar-refractivity contribution in [2.24, 2.45) is 0 Å². The van der Waals surface area contributed by atoms with Crippen LogP contribution in [0.4, 0.5) is 11.8 Å². The van der Waals surface area contributed by atoms with Crippen LogP contribution in [-0.2, 0) is 36.7 Å². The molecule has 3 saturated heterocycles. The van der Waals surface area contributed by atoms with Gasteiger partial charge < -0.3 is 59.0 Å². The summed E-state index contributed by atoms with van der Waals surface area (Å²) in [6.45, 7) is -1.82. The fraction of sp³-hybridized carbons (Fsp3) is 0.500. The zero-order chi connectivity index (χ0) is 31.8. The second-order valence-corrected chi connectivity index (χ2v) is 12.8. The summed E-state index contributed by atoms with van der Waals surface area (Å²) in [5.74, 6) is -0.289. The van der Waals surface area contributed by atoms with Crippen LogP contribution in [0.2, 0.25) is 0 Å². The highest BCUT2D eigenvalue weighted by Gasteiger charge is 2.51. The number of imidazole rings is 2. The Balaban J connectivity index is 1.21. The van der Waals surface area contributed by atoms with Gasteiger partial charge in [-0.15, -0.1) is 0 Å². The van der Waals surface area contributed by atoms with Gasteiger partial charge in [0.1, 0.15) is 48.5 Å². The van der Waals surface area contributed by atoms with E-state index in [0.717, 1.165) is 17.2 Å². The van der Waals surface area contributed by atoms with Crippen LogP contribution in [0, 0.1) is 0 Å². The van der Waals surface area contributed by atoms with Gasteiger partial charge in [-0.05, 0) is 0 Å². The predicted octanol–water partition coefficient (Wildman–Crippen LogP) is -3.61. The summed E-state index contributed by atoms with van der Waals surface area (Å²) in [5, 5.41) is 22.0.